The van der Waals surface area contributed by atoms with Crippen LogP contribution in [-0.2, 0) is 20.7 Å². The van der Waals surface area contributed by atoms with E-state index in [1.165, 1.54) is 32.2 Å². The molecule has 1 heterocycles. The number of nitro benzene ring substituents is 1. The molecule has 2 aromatic carbocycles. The van der Waals surface area contributed by atoms with Gasteiger partial charge in [0.2, 0.25) is 0 Å². The number of carbonyl (C=O) groups excluding carboxylic acids is 2. The summed E-state index contributed by atoms with van der Waals surface area (Å²) in [5.74, 6) is -0.944. The first-order valence-electron chi connectivity index (χ1n) is 8.77. The molecular weight excluding hydrogens is 378 g/mol. The third-order valence-electron chi connectivity index (χ3n) is 4.34. The zero-order chi connectivity index (χ0) is 21.0. The molecule has 0 fully saturated rings. The van der Waals surface area contributed by atoms with Gasteiger partial charge in [-0.25, -0.2) is 0 Å². The molecule has 0 saturated heterocycles. The fraction of sp³-hybridized carbons (Fsp3) is 0.200. The Morgan fingerprint density at radius 3 is 2.72 bits per heavy atom. The number of amides is 1. The smallest absolute Gasteiger partial charge is 0.311 e. The lowest BCUT2D eigenvalue weighted by molar-refractivity contribution is -0.384. The fourth-order valence-electron chi connectivity index (χ4n) is 2.87. The second-order valence-electron chi connectivity index (χ2n) is 6.30. The van der Waals surface area contributed by atoms with Crippen LogP contribution >= 0.6 is 0 Å². The Bertz CT molecular complexity index is 1080. The van der Waals surface area contributed by atoms with E-state index in [-0.39, 0.29) is 23.5 Å². The third-order valence-corrected chi connectivity index (χ3v) is 4.34. The van der Waals surface area contributed by atoms with Gasteiger partial charge in [0.05, 0.1) is 24.1 Å². The molecule has 0 aliphatic heterocycles. The number of ether oxygens (including phenoxy) is 2. The maximum atomic E-state index is 12.4. The highest BCUT2D eigenvalue weighted by molar-refractivity contribution is 5.97. The molecule has 2 N–H and O–H groups in total. The zero-order valence-corrected chi connectivity index (χ0v) is 15.8. The highest BCUT2D eigenvalue weighted by Gasteiger charge is 2.21. The van der Waals surface area contributed by atoms with Gasteiger partial charge in [-0.1, -0.05) is 18.2 Å². The van der Waals surface area contributed by atoms with Crippen molar-refractivity contribution in [1.29, 1.82) is 0 Å². The Labute approximate surface area is 165 Å². The molecule has 9 heteroatoms. The van der Waals surface area contributed by atoms with Crippen LogP contribution in [0.15, 0.2) is 48.7 Å². The number of methoxy groups -OCH3 is 1. The predicted molar refractivity (Wildman–Crippen MR) is 106 cm³/mol. The summed E-state index contributed by atoms with van der Waals surface area (Å²) in [5, 5.41) is 14.3. The number of nitrogens with zero attached hydrogens (tertiary/aromatic N) is 1. The Morgan fingerprint density at radius 2 is 2.00 bits per heavy atom. The molecule has 0 aliphatic rings. The number of anilines is 1. The van der Waals surface area contributed by atoms with Crippen molar-refractivity contribution >= 4 is 34.2 Å². The van der Waals surface area contributed by atoms with Crippen LogP contribution in [0.1, 0.15) is 12.5 Å². The number of non-ortho nitro benzene ring substituents is 1. The van der Waals surface area contributed by atoms with E-state index in [2.05, 4.69) is 10.3 Å². The molecule has 29 heavy (non-hydrogen) atoms. The summed E-state index contributed by atoms with van der Waals surface area (Å²) in [4.78, 5) is 38.1. The summed E-state index contributed by atoms with van der Waals surface area (Å²) in [6.07, 6.45) is 0.628. The molecule has 3 rings (SSSR count). The Morgan fingerprint density at radius 1 is 1.24 bits per heavy atom. The lowest BCUT2D eigenvalue weighted by Gasteiger charge is -2.15. The van der Waals surface area contributed by atoms with Crippen molar-refractivity contribution in [3.8, 4) is 5.75 Å². The van der Waals surface area contributed by atoms with Crippen molar-refractivity contribution in [1.82, 2.24) is 4.98 Å². The van der Waals surface area contributed by atoms with E-state index in [0.717, 1.165) is 16.5 Å². The lowest BCUT2D eigenvalue weighted by atomic mass is 10.1. The van der Waals surface area contributed by atoms with E-state index < -0.39 is 22.9 Å². The van der Waals surface area contributed by atoms with Crippen LogP contribution in [0, 0.1) is 10.1 Å². The number of aromatic nitrogens is 1. The van der Waals surface area contributed by atoms with Crippen molar-refractivity contribution in [2.24, 2.45) is 0 Å². The minimum Gasteiger partial charge on any atom is -0.495 e. The number of hydrogen-bond donors (Lipinski definition) is 2. The van der Waals surface area contributed by atoms with Crippen LogP contribution in [0.4, 0.5) is 11.4 Å². The highest BCUT2D eigenvalue weighted by atomic mass is 16.6. The normalized spacial score (nSPS) is 11.7. The molecule has 1 atom stereocenters. The van der Waals surface area contributed by atoms with Gasteiger partial charge >= 0.3 is 5.97 Å². The van der Waals surface area contributed by atoms with Crippen LogP contribution in [0.3, 0.4) is 0 Å². The van der Waals surface area contributed by atoms with Gasteiger partial charge < -0.3 is 19.8 Å². The maximum Gasteiger partial charge on any atom is 0.311 e. The number of nitrogens with one attached hydrogen (secondary N) is 2. The second-order valence-corrected chi connectivity index (χ2v) is 6.30. The van der Waals surface area contributed by atoms with Gasteiger partial charge in [0.15, 0.2) is 6.10 Å². The maximum absolute atomic E-state index is 12.4. The van der Waals surface area contributed by atoms with Crippen molar-refractivity contribution in [3.05, 3.63) is 64.3 Å². The first kappa shape index (κ1) is 19.9. The van der Waals surface area contributed by atoms with Crippen LogP contribution < -0.4 is 10.1 Å². The van der Waals surface area contributed by atoms with E-state index in [1.54, 1.807) is 6.20 Å². The first-order valence-corrected chi connectivity index (χ1v) is 8.77. The number of rotatable bonds is 7. The monoisotopic (exact) mass is 397 g/mol. The number of H-pyrrole nitrogens is 1. The minimum absolute atomic E-state index is 0.00175. The van der Waals surface area contributed by atoms with E-state index >= 15 is 0 Å². The summed E-state index contributed by atoms with van der Waals surface area (Å²) in [7, 11) is 1.38. The second kappa shape index (κ2) is 8.42. The molecule has 1 amide bonds. The van der Waals surface area contributed by atoms with Gasteiger partial charge in [-0.2, -0.15) is 0 Å². The van der Waals surface area contributed by atoms with Crippen molar-refractivity contribution in [2.75, 3.05) is 12.4 Å². The van der Waals surface area contributed by atoms with E-state index in [1.807, 2.05) is 24.3 Å². The molecule has 0 spiro atoms. The van der Waals surface area contributed by atoms with Crippen molar-refractivity contribution < 1.29 is 24.0 Å². The lowest BCUT2D eigenvalue weighted by Crippen LogP contribution is -2.30. The first-order chi connectivity index (χ1) is 13.9. The number of para-hydroxylation sites is 1. The summed E-state index contributed by atoms with van der Waals surface area (Å²) in [6, 6.07) is 11.4. The fourth-order valence-corrected chi connectivity index (χ4v) is 2.87. The predicted octanol–water partition coefficient (Wildman–Crippen LogP) is 3.20. The SMILES string of the molecule is COc1ccc([N+](=O)[O-])cc1NC(=O)C(C)OC(=O)Cc1c[nH]c2ccccc12. The third kappa shape index (κ3) is 4.52. The zero-order valence-electron chi connectivity index (χ0n) is 15.8. The van der Waals surface area contributed by atoms with Crippen molar-refractivity contribution in [2.45, 2.75) is 19.4 Å². The van der Waals surface area contributed by atoms with Crippen LogP contribution in [0.25, 0.3) is 10.9 Å². The van der Waals surface area contributed by atoms with E-state index in [0.29, 0.717) is 0 Å². The summed E-state index contributed by atoms with van der Waals surface area (Å²) in [5.41, 5.74) is 1.58. The number of benzene rings is 2. The van der Waals surface area contributed by atoms with Crippen molar-refractivity contribution in [3.63, 3.8) is 0 Å². The number of hydrogen-bond acceptors (Lipinski definition) is 6. The van der Waals surface area contributed by atoms with Crippen LogP contribution in [-0.4, -0.2) is 35.0 Å². The summed E-state index contributed by atoms with van der Waals surface area (Å²) >= 11 is 0. The standard InChI is InChI=1S/C20H19N3O6/c1-12(20(25)22-17-10-14(23(26)27)7-8-18(17)28-2)29-19(24)9-13-11-21-16-6-4-3-5-15(13)16/h3-8,10-12,21H,9H2,1-2H3,(H,22,25). The highest BCUT2D eigenvalue weighted by Crippen LogP contribution is 2.29. The van der Waals surface area contributed by atoms with Gasteiger partial charge in [-0.05, 0) is 24.6 Å². The van der Waals surface area contributed by atoms with Gasteiger partial charge in [-0.15, -0.1) is 0 Å². The van der Waals surface area contributed by atoms with E-state index in [4.69, 9.17) is 9.47 Å². The molecular formula is C20H19N3O6. The molecule has 150 valence electrons. The number of nitro groups is 1. The molecule has 9 nitrogen and oxygen atoms in total. The molecule has 1 aromatic heterocycles. The molecule has 0 saturated carbocycles. The Hall–Kier alpha value is -3.88. The average Bonchev–Trinajstić information content (AvgIpc) is 3.10. The number of carbonyl (C=O) groups is 2. The molecule has 0 aliphatic carbocycles. The van der Waals surface area contributed by atoms with Crippen LogP contribution in [0.5, 0.6) is 5.75 Å². The van der Waals surface area contributed by atoms with Gasteiger partial charge in [0.25, 0.3) is 11.6 Å². The number of aromatic amines is 1. The van der Waals surface area contributed by atoms with Crippen LogP contribution in [0.2, 0.25) is 0 Å². The van der Waals surface area contributed by atoms with Gasteiger partial charge in [0.1, 0.15) is 5.75 Å². The van der Waals surface area contributed by atoms with Gasteiger partial charge in [0, 0.05) is 29.2 Å². The Kier molecular flexibility index (Phi) is 5.77. The minimum atomic E-state index is -1.10. The Balaban J connectivity index is 1.65. The molecule has 1 unspecified atom stereocenters. The molecule has 3 aromatic rings. The largest absolute Gasteiger partial charge is 0.495 e. The van der Waals surface area contributed by atoms with Gasteiger partial charge in [-0.3, -0.25) is 19.7 Å². The number of esters is 1. The quantitative estimate of drug-likeness (QED) is 0.358. The molecule has 0 bridgehead atoms. The molecule has 0 radical (unpaired) electrons. The number of fused-ring (bicyclic) bond motifs is 1. The summed E-state index contributed by atoms with van der Waals surface area (Å²) < 4.78 is 10.3. The average molecular weight is 397 g/mol. The van der Waals surface area contributed by atoms with E-state index in [9.17, 15) is 19.7 Å². The summed E-state index contributed by atoms with van der Waals surface area (Å²) in [6.45, 7) is 1.42. The topological polar surface area (TPSA) is 124 Å².